The van der Waals surface area contributed by atoms with Crippen molar-refractivity contribution in [1.82, 2.24) is 4.90 Å². The van der Waals surface area contributed by atoms with Crippen LogP contribution in [-0.2, 0) is 0 Å². The summed E-state index contributed by atoms with van der Waals surface area (Å²) in [5, 5.41) is 0. The standard InChI is InChI=1S/C11H21N/c1-5-9-12(4)10-7-6-8-11(10,2)3/h5,10H,1,6-9H2,2-4H3. The zero-order valence-electron chi connectivity index (χ0n) is 8.64. The van der Waals surface area contributed by atoms with E-state index in [-0.39, 0.29) is 0 Å². The third kappa shape index (κ3) is 1.89. The van der Waals surface area contributed by atoms with Crippen LogP contribution in [0.5, 0.6) is 0 Å². The molecule has 1 aliphatic rings. The molecule has 0 radical (unpaired) electrons. The van der Waals surface area contributed by atoms with E-state index in [1.165, 1.54) is 19.3 Å². The van der Waals surface area contributed by atoms with Crippen molar-refractivity contribution in [2.75, 3.05) is 13.6 Å². The molecule has 12 heavy (non-hydrogen) atoms. The van der Waals surface area contributed by atoms with Gasteiger partial charge in [-0.05, 0) is 25.3 Å². The molecule has 1 unspecified atom stereocenters. The highest BCUT2D eigenvalue weighted by molar-refractivity contribution is 4.92. The Morgan fingerprint density at radius 3 is 2.67 bits per heavy atom. The number of hydrogen-bond acceptors (Lipinski definition) is 1. The summed E-state index contributed by atoms with van der Waals surface area (Å²) in [4.78, 5) is 2.43. The predicted molar refractivity (Wildman–Crippen MR) is 54.2 cm³/mol. The summed E-state index contributed by atoms with van der Waals surface area (Å²) in [5.41, 5.74) is 0.512. The summed E-state index contributed by atoms with van der Waals surface area (Å²) in [6, 6.07) is 0.760. The molecular formula is C11H21N. The van der Waals surface area contributed by atoms with Crippen LogP contribution in [-0.4, -0.2) is 24.5 Å². The molecule has 1 atom stereocenters. The van der Waals surface area contributed by atoms with Gasteiger partial charge in [0.1, 0.15) is 0 Å². The molecule has 0 aromatic heterocycles. The van der Waals surface area contributed by atoms with Crippen LogP contribution >= 0.6 is 0 Å². The molecule has 1 fully saturated rings. The molecule has 0 aliphatic heterocycles. The van der Waals surface area contributed by atoms with Gasteiger partial charge in [0.25, 0.3) is 0 Å². The third-order valence-corrected chi connectivity index (χ3v) is 3.15. The highest BCUT2D eigenvalue weighted by Crippen LogP contribution is 2.39. The molecule has 1 rings (SSSR count). The first kappa shape index (κ1) is 9.79. The Balaban J connectivity index is 2.55. The molecule has 0 aromatic carbocycles. The van der Waals surface area contributed by atoms with Crippen LogP contribution in [0.3, 0.4) is 0 Å². The lowest BCUT2D eigenvalue weighted by atomic mass is 9.86. The van der Waals surface area contributed by atoms with Gasteiger partial charge in [-0.15, -0.1) is 6.58 Å². The molecule has 0 spiro atoms. The topological polar surface area (TPSA) is 3.24 Å². The fourth-order valence-corrected chi connectivity index (χ4v) is 2.46. The first-order valence-electron chi connectivity index (χ1n) is 4.89. The summed E-state index contributed by atoms with van der Waals surface area (Å²) in [6.07, 6.45) is 6.12. The quantitative estimate of drug-likeness (QED) is 0.584. The van der Waals surface area contributed by atoms with Gasteiger partial charge in [-0.3, -0.25) is 4.90 Å². The zero-order chi connectivity index (χ0) is 9.19. The van der Waals surface area contributed by atoms with Crippen LogP contribution in [0.15, 0.2) is 12.7 Å². The van der Waals surface area contributed by atoms with Gasteiger partial charge in [0.2, 0.25) is 0 Å². The largest absolute Gasteiger partial charge is 0.299 e. The van der Waals surface area contributed by atoms with E-state index in [0.29, 0.717) is 5.41 Å². The lowest BCUT2D eigenvalue weighted by Crippen LogP contribution is -2.39. The number of hydrogen-bond donors (Lipinski definition) is 0. The Bertz CT molecular complexity index is 160. The first-order chi connectivity index (χ1) is 5.58. The van der Waals surface area contributed by atoms with E-state index < -0.39 is 0 Å². The highest BCUT2D eigenvalue weighted by atomic mass is 15.1. The maximum atomic E-state index is 3.78. The van der Waals surface area contributed by atoms with Gasteiger partial charge in [0.05, 0.1) is 0 Å². The molecule has 1 aliphatic carbocycles. The van der Waals surface area contributed by atoms with Crippen molar-refractivity contribution in [3.63, 3.8) is 0 Å². The van der Waals surface area contributed by atoms with Gasteiger partial charge in [0, 0.05) is 12.6 Å². The van der Waals surface area contributed by atoms with E-state index in [4.69, 9.17) is 0 Å². The normalized spacial score (nSPS) is 27.8. The molecule has 0 heterocycles. The predicted octanol–water partition coefficient (Wildman–Crippen LogP) is 2.68. The van der Waals surface area contributed by atoms with Gasteiger partial charge in [-0.2, -0.15) is 0 Å². The Labute approximate surface area is 76.5 Å². The molecule has 0 N–H and O–H groups in total. The van der Waals surface area contributed by atoms with E-state index >= 15 is 0 Å². The summed E-state index contributed by atoms with van der Waals surface area (Å²) in [6.45, 7) is 9.56. The number of nitrogens with zero attached hydrogens (tertiary/aromatic N) is 1. The molecule has 0 amide bonds. The summed E-state index contributed by atoms with van der Waals surface area (Å²) < 4.78 is 0. The average molecular weight is 167 g/mol. The molecule has 70 valence electrons. The van der Waals surface area contributed by atoms with Crippen molar-refractivity contribution in [3.8, 4) is 0 Å². The van der Waals surface area contributed by atoms with Crippen LogP contribution in [0.1, 0.15) is 33.1 Å². The van der Waals surface area contributed by atoms with Crippen LogP contribution in [0, 0.1) is 5.41 Å². The minimum atomic E-state index is 0.512. The fraction of sp³-hybridized carbons (Fsp3) is 0.818. The van der Waals surface area contributed by atoms with E-state index in [1.807, 2.05) is 6.08 Å². The van der Waals surface area contributed by atoms with E-state index in [1.54, 1.807) is 0 Å². The SMILES string of the molecule is C=CCN(C)C1CCCC1(C)C. The summed E-state index contributed by atoms with van der Waals surface area (Å²) in [5.74, 6) is 0. The second kappa shape index (κ2) is 3.61. The average Bonchev–Trinajstić information content (AvgIpc) is 2.30. The Hall–Kier alpha value is -0.300. The minimum Gasteiger partial charge on any atom is -0.299 e. The van der Waals surface area contributed by atoms with Crippen LogP contribution in [0.25, 0.3) is 0 Å². The molecule has 1 saturated carbocycles. The number of likely N-dealkylation sites (N-methyl/N-ethyl adjacent to an activating group) is 1. The number of rotatable bonds is 3. The fourth-order valence-electron chi connectivity index (χ4n) is 2.46. The zero-order valence-corrected chi connectivity index (χ0v) is 8.64. The molecule has 0 saturated heterocycles. The van der Waals surface area contributed by atoms with Gasteiger partial charge in [-0.1, -0.05) is 26.3 Å². The van der Waals surface area contributed by atoms with Gasteiger partial charge >= 0.3 is 0 Å². The maximum absolute atomic E-state index is 3.78. The first-order valence-corrected chi connectivity index (χ1v) is 4.89. The second-order valence-corrected chi connectivity index (χ2v) is 4.62. The van der Waals surface area contributed by atoms with E-state index in [9.17, 15) is 0 Å². The third-order valence-electron chi connectivity index (χ3n) is 3.15. The van der Waals surface area contributed by atoms with E-state index in [2.05, 4.69) is 32.4 Å². The second-order valence-electron chi connectivity index (χ2n) is 4.62. The van der Waals surface area contributed by atoms with Crippen LogP contribution in [0.2, 0.25) is 0 Å². The van der Waals surface area contributed by atoms with Crippen molar-refractivity contribution in [2.45, 2.75) is 39.2 Å². The smallest absolute Gasteiger partial charge is 0.0160 e. The van der Waals surface area contributed by atoms with Crippen molar-refractivity contribution in [3.05, 3.63) is 12.7 Å². The van der Waals surface area contributed by atoms with E-state index in [0.717, 1.165) is 12.6 Å². The molecule has 1 heteroatoms. The highest BCUT2D eigenvalue weighted by Gasteiger charge is 2.36. The maximum Gasteiger partial charge on any atom is 0.0160 e. The summed E-state index contributed by atoms with van der Waals surface area (Å²) in [7, 11) is 2.21. The van der Waals surface area contributed by atoms with Crippen LogP contribution < -0.4 is 0 Å². The van der Waals surface area contributed by atoms with Crippen LogP contribution in [0.4, 0.5) is 0 Å². The van der Waals surface area contributed by atoms with Crippen molar-refractivity contribution in [1.29, 1.82) is 0 Å². The van der Waals surface area contributed by atoms with Gasteiger partial charge < -0.3 is 0 Å². The molecule has 1 nitrogen and oxygen atoms in total. The Morgan fingerprint density at radius 1 is 1.58 bits per heavy atom. The van der Waals surface area contributed by atoms with Crippen molar-refractivity contribution >= 4 is 0 Å². The molecule has 0 bridgehead atoms. The Kier molecular flexibility index (Phi) is 2.94. The Morgan fingerprint density at radius 2 is 2.25 bits per heavy atom. The lowest BCUT2D eigenvalue weighted by molar-refractivity contribution is 0.154. The van der Waals surface area contributed by atoms with Crippen molar-refractivity contribution < 1.29 is 0 Å². The van der Waals surface area contributed by atoms with Gasteiger partial charge in [0.15, 0.2) is 0 Å². The van der Waals surface area contributed by atoms with Crippen molar-refractivity contribution in [2.24, 2.45) is 5.41 Å². The molecular weight excluding hydrogens is 146 g/mol. The minimum absolute atomic E-state index is 0.512. The molecule has 0 aromatic rings. The lowest BCUT2D eigenvalue weighted by Gasteiger charge is -2.34. The summed E-state index contributed by atoms with van der Waals surface area (Å²) >= 11 is 0. The monoisotopic (exact) mass is 167 g/mol. The van der Waals surface area contributed by atoms with Gasteiger partial charge in [-0.25, -0.2) is 0 Å².